The van der Waals surface area contributed by atoms with Crippen molar-refractivity contribution in [2.24, 2.45) is 11.8 Å². The minimum atomic E-state index is -0.546. The molecule has 4 aliphatic rings. The van der Waals surface area contributed by atoms with Gasteiger partial charge in [-0.05, 0) is 30.2 Å². The Morgan fingerprint density at radius 1 is 0.840 bits per heavy atom. The molecule has 2 bridgehead atoms. The van der Waals surface area contributed by atoms with E-state index in [2.05, 4.69) is 0 Å². The molecular formula is C21H17NO3. The molecule has 2 aromatic rings. The number of imide groups is 1. The van der Waals surface area contributed by atoms with E-state index in [9.17, 15) is 14.4 Å². The maximum atomic E-state index is 13.1. The first-order valence-corrected chi connectivity index (χ1v) is 8.64. The maximum Gasteiger partial charge on any atom is 0.238 e. The Morgan fingerprint density at radius 2 is 1.48 bits per heavy atom. The normalized spacial score (nSPS) is 29.8. The second-order valence-electron chi connectivity index (χ2n) is 7.28. The molecule has 1 heterocycles. The number of rotatable bonds is 1. The number of benzene rings is 2. The van der Waals surface area contributed by atoms with E-state index in [-0.39, 0.29) is 23.5 Å². The third-order valence-corrected chi connectivity index (χ3v) is 5.98. The van der Waals surface area contributed by atoms with Gasteiger partial charge in [-0.15, -0.1) is 0 Å². The highest BCUT2D eigenvalue weighted by Gasteiger charge is 2.62. The van der Waals surface area contributed by atoms with Crippen molar-refractivity contribution in [2.45, 2.75) is 25.2 Å². The van der Waals surface area contributed by atoms with Gasteiger partial charge in [-0.3, -0.25) is 19.3 Å². The molecule has 0 radical (unpaired) electrons. The first-order valence-electron chi connectivity index (χ1n) is 8.64. The van der Waals surface area contributed by atoms with Crippen LogP contribution in [0, 0.1) is 18.8 Å². The van der Waals surface area contributed by atoms with Crippen LogP contribution in [-0.4, -0.2) is 17.6 Å². The van der Waals surface area contributed by atoms with Crippen molar-refractivity contribution in [1.29, 1.82) is 0 Å². The largest absolute Gasteiger partial charge is 0.299 e. The molecule has 0 N–H and O–H groups in total. The summed E-state index contributed by atoms with van der Waals surface area (Å²) in [6.45, 7) is 1.96. The van der Waals surface area contributed by atoms with Crippen LogP contribution in [0.25, 0.3) is 0 Å². The number of amides is 2. The van der Waals surface area contributed by atoms with E-state index in [0.717, 1.165) is 16.7 Å². The van der Waals surface area contributed by atoms with E-state index in [1.807, 2.05) is 43.3 Å². The smallest absolute Gasteiger partial charge is 0.238 e. The van der Waals surface area contributed by atoms with Gasteiger partial charge in [0.1, 0.15) is 5.78 Å². The van der Waals surface area contributed by atoms with Crippen LogP contribution in [0.15, 0.2) is 48.5 Å². The molecule has 0 unspecified atom stereocenters. The fourth-order valence-corrected chi connectivity index (χ4v) is 4.91. The van der Waals surface area contributed by atoms with E-state index in [1.54, 1.807) is 12.1 Å². The van der Waals surface area contributed by atoms with E-state index in [0.29, 0.717) is 12.1 Å². The molecule has 2 amide bonds. The number of carbonyl (C=O) groups excluding carboxylic acids is 3. The quantitative estimate of drug-likeness (QED) is 0.755. The molecule has 3 aliphatic carbocycles. The number of hydrogen-bond donors (Lipinski definition) is 0. The van der Waals surface area contributed by atoms with Crippen molar-refractivity contribution < 1.29 is 14.4 Å². The number of fused-ring (bicyclic) bond motifs is 1. The van der Waals surface area contributed by atoms with Crippen molar-refractivity contribution in [1.82, 2.24) is 0 Å². The SMILES string of the molecule is Cc1ccc(N2C(=O)[C@@H]3[C@H](C2=O)[C@@H]2C(=O)C[C@H]3c3ccccc32)cc1. The molecule has 124 valence electrons. The number of Topliss-reactive ketones (excluding diaryl/α,β-unsaturated/α-hetero) is 1. The van der Waals surface area contributed by atoms with Crippen LogP contribution in [0.5, 0.6) is 0 Å². The number of hydrogen-bond acceptors (Lipinski definition) is 3. The molecular weight excluding hydrogens is 314 g/mol. The lowest BCUT2D eigenvalue weighted by molar-refractivity contribution is -0.134. The number of nitrogens with zero attached hydrogens (tertiary/aromatic N) is 1. The van der Waals surface area contributed by atoms with Gasteiger partial charge in [0.25, 0.3) is 0 Å². The van der Waals surface area contributed by atoms with Gasteiger partial charge >= 0.3 is 0 Å². The van der Waals surface area contributed by atoms with Gasteiger partial charge in [-0.2, -0.15) is 0 Å². The highest BCUT2D eigenvalue weighted by atomic mass is 16.2. The number of ketones is 1. The van der Waals surface area contributed by atoms with E-state index in [1.165, 1.54) is 4.90 Å². The Bertz CT molecular complexity index is 930. The van der Waals surface area contributed by atoms with Crippen LogP contribution in [0.1, 0.15) is 34.9 Å². The molecule has 25 heavy (non-hydrogen) atoms. The van der Waals surface area contributed by atoms with Crippen molar-refractivity contribution in [2.75, 3.05) is 4.90 Å². The van der Waals surface area contributed by atoms with Gasteiger partial charge in [0.2, 0.25) is 11.8 Å². The summed E-state index contributed by atoms with van der Waals surface area (Å²) in [7, 11) is 0. The van der Waals surface area contributed by atoms with Gasteiger partial charge in [0, 0.05) is 12.3 Å². The van der Waals surface area contributed by atoms with Crippen LogP contribution in [-0.2, 0) is 14.4 Å². The first-order chi connectivity index (χ1) is 12.1. The molecule has 1 saturated heterocycles. The first kappa shape index (κ1) is 14.6. The Morgan fingerprint density at radius 3 is 2.20 bits per heavy atom. The van der Waals surface area contributed by atoms with Gasteiger partial charge in [0.05, 0.1) is 23.4 Å². The summed E-state index contributed by atoms with van der Waals surface area (Å²) in [6, 6.07) is 15.2. The molecule has 2 aromatic carbocycles. The zero-order valence-electron chi connectivity index (χ0n) is 13.8. The molecule has 4 nitrogen and oxygen atoms in total. The van der Waals surface area contributed by atoms with E-state index < -0.39 is 17.8 Å². The Labute approximate surface area is 145 Å². The lowest BCUT2D eigenvalue weighted by Gasteiger charge is -2.43. The minimum Gasteiger partial charge on any atom is -0.299 e. The lowest BCUT2D eigenvalue weighted by atomic mass is 9.56. The Balaban J connectivity index is 1.65. The third kappa shape index (κ3) is 1.79. The molecule has 6 rings (SSSR count). The van der Waals surface area contributed by atoms with Crippen molar-refractivity contribution in [3.05, 3.63) is 65.2 Å². The van der Waals surface area contributed by atoms with Crippen molar-refractivity contribution >= 4 is 23.3 Å². The summed E-state index contributed by atoms with van der Waals surface area (Å²) in [4.78, 5) is 40.2. The standard InChI is InChI=1S/C21H17NO3/c1-11-6-8-12(9-7-11)22-20(24)18-15-10-16(23)17(19(18)21(22)25)14-5-3-2-4-13(14)15/h2-9,15,17-19H,10H2,1H3/t15-,17-,18-,19+/m0/s1. The molecule has 1 saturated carbocycles. The average molecular weight is 331 g/mol. The van der Waals surface area contributed by atoms with E-state index >= 15 is 0 Å². The third-order valence-electron chi connectivity index (χ3n) is 5.98. The zero-order valence-corrected chi connectivity index (χ0v) is 13.8. The van der Waals surface area contributed by atoms with Crippen molar-refractivity contribution in [3.63, 3.8) is 0 Å². The van der Waals surface area contributed by atoms with Crippen LogP contribution in [0.3, 0.4) is 0 Å². The summed E-state index contributed by atoms with van der Waals surface area (Å²) in [5.41, 5.74) is 3.69. The molecule has 0 spiro atoms. The van der Waals surface area contributed by atoms with Gasteiger partial charge < -0.3 is 0 Å². The average Bonchev–Trinajstić information content (AvgIpc) is 2.88. The zero-order chi connectivity index (χ0) is 17.3. The Kier molecular flexibility index (Phi) is 2.85. The second-order valence-corrected chi connectivity index (χ2v) is 7.28. The van der Waals surface area contributed by atoms with E-state index in [4.69, 9.17) is 0 Å². The highest BCUT2D eigenvalue weighted by molar-refractivity contribution is 6.24. The summed E-state index contributed by atoms with van der Waals surface area (Å²) >= 11 is 0. The van der Waals surface area contributed by atoms with Crippen LogP contribution >= 0.6 is 0 Å². The topological polar surface area (TPSA) is 54.5 Å². The molecule has 2 fully saturated rings. The maximum absolute atomic E-state index is 13.1. The monoisotopic (exact) mass is 331 g/mol. The number of aryl methyl sites for hydroxylation is 1. The summed E-state index contributed by atoms with van der Waals surface area (Å²) in [5, 5.41) is 0. The summed E-state index contributed by atoms with van der Waals surface area (Å²) in [5.74, 6) is -1.89. The summed E-state index contributed by atoms with van der Waals surface area (Å²) < 4.78 is 0. The lowest BCUT2D eigenvalue weighted by Crippen LogP contribution is -2.44. The van der Waals surface area contributed by atoms with Crippen LogP contribution < -0.4 is 4.90 Å². The molecule has 4 heteroatoms. The van der Waals surface area contributed by atoms with Crippen LogP contribution in [0.2, 0.25) is 0 Å². The predicted octanol–water partition coefficient (Wildman–Crippen LogP) is 2.95. The molecule has 4 atom stereocenters. The fourth-order valence-electron chi connectivity index (χ4n) is 4.91. The van der Waals surface area contributed by atoms with Crippen LogP contribution in [0.4, 0.5) is 5.69 Å². The number of carbonyl (C=O) groups is 3. The van der Waals surface area contributed by atoms with Gasteiger partial charge in [0.15, 0.2) is 0 Å². The second kappa shape index (κ2) is 4.88. The predicted molar refractivity (Wildman–Crippen MR) is 92.2 cm³/mol. The van der Waals surface area contributed by atoms with Gasteiger partial charge in [-0.25, -0.2) is 0 Å². The molecule has 1 aliphatic heterocycles. The number of anilines is 1. The Hall–Kier alpha value is -2.75. The summed E-state index contributed by atoms with van der Waals surface area (Å²) in [6.07, 6.45) is 0.365. The molecule has 0 aromatic heterocycles. The highest BCUT2D eigenvalue weighted by Crippen LogP contribution is 2.57. The van der Waals surface area contributed by atoms with Gasteiger partial charge in [-0.1, -0.05) is 42.0 Å². The fraction of sp³-hybridized carbons (Fsp3) is 0.286. The minimum absolute atomic E-state index is 0.0943. The van der Waals surface area contributed by atoms with Crippen molar-refractivity contribution in [3.8, 4) is 0 Å².